The molecule has 96 valence electrons. The van der Waals surface area contributed by atoms with E-state index in [1.54, 1.807) is 0 Å². The Morgan fingerprint density at radius 3 is 2.50 bits per heavy atom. The third-order valence-corrected chi connectivity index (χ3v) is 3.34. The van der Waals surface area contributed by atoms with Crippen molar-refractivity contribution in [2.24, 2.45) is 5.92 Å². The van der Waals surface area contributed by atoms with Crippen molar-refractivity contribution in [1.82, 2.24) is 5.32 Å². The lowest BCUT2D eigenvalue weighted by atomic mass is 9.95. The third-order valence-electron chi connectivity index (χ3n) is 3.34. The molecular formula is C15H31N. The average Bonchev–Trinajstić information content (AvgIpc) is 2.28. The molecule has 0 spiro atoms. The van der Waals surface area contributed by atoms with Crippen LogP contribution in [0.2, 0.25) is 0 Å². The molecule has 0 saturated heterocycles. The van der Waals surface area contributed by atoms with Gasteiger partial charge in [-0.2, -0.15) is 0 Å². The van der Waals surface area contributed by atoms with Gasteiger partial charge in [-0.15, -0.1) is 6.58 Å². The smallest absolute Gasteiger partial charge is 0.00694 e. The molecule has 0 aromatic carbocycles. The highest BCUT2D eigenvalue weighted by atomic mass is 14.9. The molecule has 0 aliphatic rings. The zero-order valence-electron chi connectivity index (χ0n) is 11.6. The van der Waals surface area contributed by atoms with Crippen molar-refractivity contribution in [2.45, 2.75) is 71.8 Å². The van der Waals surface area contributed by atoms with Crippen molar-refractivity contribution >= 4 is 0 Å². The van der Waals surface area contributed by atoms with Gasteiger partial charge in [-0.3, -0.25) is 0 Å². The van der Waals surface area contributed by atoms with E-state index in [0.717, 1.165) is 18.5 Å². The van der Waals surface area contributed by atoms with Crippen LogP contribution in [0.1, 0.15) is 65.7 Å². The van der Waals surface area contributed by atoms with Gasteiger partial charge in [0, 0.05) is 6.04 Å². The van der Waals surface area contributed by atoms with Gasteiger partial charge in [0.15, 0.2) is 0 Å². The minimum absolute atomic E-state index is 0.740. The van der Waals surface area contributed by atoms with Crippen LogP contribution in [0, 0.1) is 5.92 Å². The normalized spacial score (nSPS) is 14.7. The molecule has 1 nitrogen and oxygen atoms in total. The van der Waals surface area contributed by atoms with Gasteiger partial charge in [-0.05, 0) is 38.1 Å². The lowest BCUT2D eigenvalue weighted by Crippen LogP contribution is -2.30. The molecule has 0 rings (SSSR count). The van der Waals surface area contributed by atoms with E-state index in [0.29, 0.717) is 0 Å². The highest BCUT2D eigenvalue weighted by Gasteiger charge is 2.10. The first-order valence-corrected chi connectivity index (χ1v) is 7.08. The van der Waals surface area contributed by atoms with Crippen LogP contribution < -0.4 is 5.32 Å². The summed E-state index contributed by atoms with van der Waals surface area (Å²) >= 11 is 0. The molecule has 2 unspecified atom stereocenters. The number of nitrogens with one attached hydrogen (secondary N) is 1. The fraction of sp³-hybridized carbons (Fsp3) is 0.867. The van der Waals surface area contributed by atoms with Gasteiger partial charge >= 0.3 is 0 Å². The summed E-state index contributed by atoms with van der Waals surface area (Å²) in [6.07, 6.45) is 11.2. The van der Waals surface area contributed by atoms with Crippen LogP contribution >= 0.6 is 0 Å². The molecule has 0 saturated carbocycles. The van der Waals surface area contributed by atoms with Crippen LogP contribution in [-0.2, 0) is 0 Å². The average molecular weight is 225 g/mol. The number of allylic oxidation sites excluding steroid dienone is 1. The molecule has 0 aliphatic carbocycles. The number of rotatable bonds is 11. The van der Waals surface area contributed by atoms with Gasteiger partial charge in [0.25, 0.3) is 0 Å². The maximum atomic E-state index is 3.76. The second-order valence-corrected chi connectivity index (χ2v) is 4.93. The van der Waals surface area contributed by atoms with Gasteiger partial charge in [-0.25, -0.2) is 0 Å². The molecule has 0 radical (unpaired) electrons. The molecule has 0 aliphatic heterocycles. The number of unbranched alkanes of at least 4 members (excludes halogenated alkanes) is 3. The van der Waals surface area contributed by atoms with E-state index in [9.17, 15) is 0 Å². The molecule has 0 aromatic rings. The van der Waals surface area contributed by atoms with E-state index in [-0.39, 0.29) is 0 Å². The van der Waals surface area contributed by atoms with Crippen molar-refractivity contribution in [2.75, 3.05) is 6.54 Å². The Kier molecular flexibility index (Phi) is 11.0. The Morgan fingerprint density at radius 2 is 1.94 bits per heavy atom. The van der Waals surface area contributed by atoms with Crippen LogP contribution in [0.25, 0.3) is 0 Å². The Balaban J connectivity index is 3.62. The zero-order valence-corrected chi connectivity index (χ0v) is 11.6. The Hall–Kier alpha value is -0.300. The predicted octanol–water partition coefficient (Wildman–Crippen LogP) is 4.54. The number of hydrogen-bond donors (Lipinski definition) is 1. The van der Waals surface area contributed by atoms with Crippen molar-refractivity contribution < 1.29 is 0 Å². The maximum absolute atomic E-state index is 3.76. The molecule has 0 heterocycles. The second kappa shape index (κ2) is 11.2. The van der Waals surface area contributed by atoms with E-state index >= 15 is 0 Å². The fourth-order valence-electron chi connectivity index (χ4n) is 2.10. The van der Waals surface area contributed by atoms with Crippen LogP contribution in [0.5, 0.6) is 0 Å². The van der Waals surface area contributed by atoms with Crippen LogP contribution in [0.3, 0.4) is 0 Å². The summed E-state index contributed by atoms with van der Waals surface area (Å²) in [7, 11) is 0. The minimum atomic E-state index is 0.740. The standard InChI is InChI=1S/C15H31N/c1-5-8-9-10-11-12-15(16-7-3)13-14(4)6-2/h5,14-16H,1,6-13H2,2-4H3. The highest BCUT2D eigenvalue weighted by Crippen LogP contribution is 2.15. The molecule has 2 atom stereocenters. The van der Waals surface area contributed by atoms with Crippen LogP contribution in [-0.4, -0.2) is 12.6 Å². The van der Waals surface area contributed by atoms with Gasteiger partial charge in [0.2, 0.25) is 0 Å². The summed E-state index contributed by atoms with van der Waals surface area (Å²) in [4.78, 5) is 0. The van der Waals surface area contributed by atoms with E-state index in [1.165, 1.54) is 44.9 Å². The topological polar surface area (TPSA) is 12.0 Å². The third kappa shape index (κ3) is 8.96. The molecular weight excluding hydrogens is 194 g/mol. The summed E-state index contributed by atoms with van der Waals surface area (Å²) in [5, 5.41) is 3.62. The molecule has 0 bridgehead atoms. The fourth-order valence-corrected chi connectivity index (χ4v) is 2.10. The van der Waals surface area contributed by atoms with Crippen LogP contribution in [0.4, 0.5) is 0 Å². The first-order valence-electron chi connectivity index (χ1n) is 7.08. The summed E-state index contributed by atoms with van der Waals surface area (Å²) in [5.41, 5.74) is 0. The Morgan fingerprint density at radius 1 is 1.19 bits per heavy atom. The molecule has 0 amide bonds. The Bertz CT molecular complexity index is 154. The minimum Gasteiger partial charge on any atom is -0.314 e. The summed E-state index contributed by atoms with van der Waals surface area (Å²) in [6.45, 7) is 11.7. The molecule has 1 N–H and O–H groups in total. The molecule has 0 aromatic heterocycles. The van der Waals surface area contributed by atoms with E-state index in [4.69, 9.17) is 0 Å². The van der Waals surface area contributed by atoms with Crippen molar-refractivity contribution in [3.8, 4) is 0 Å². The van der Waals surface area contributed by atoms with Crippen molar-refractivity contribution in [1.29, 1.82) is 0 Å². The van der Waals surface area contributed by atoms with Gasteiger partial charge < -0.3 is 5.32 Å². The van der Waals surface area contributed by atoms with Crippen molar-refractivity contribution in [3.05, 3.63) is 12.7 Å². The van der Waals surface area contributed by atoms with Gasteiger partial charge in [0.05, 0.1) is 0 Å². The lowest BCUT2D eigenvalue weighted by molar-refractivity contribution is 0.372. The van der Waals surface area contributed by atoms with E-state index in [2.05, 4.69) is 32.7 Å². The molecule has 1 heteroatoms. The monoisotopic (exact) mass is 225 g/mol. The SMILES string of the molecule is C=CCCCCCC(CC(C)CC)NCC. The molecule has 0 fully saturated rings. The van der Waals surface area contributed by atoms with Gasteiger partial charge in [0.1, 0.15) is 0 Å². The molecule has 16 heavy (non-hydrogen) atoms. The predicted molar refractivity (Wildman–Crippen MR) is 74.8 cm³/mol. The summed E-state index contributed by atoms with van der Waals surface area (Å²) in [5.74, 6) is 0.859. The van der Waals surface area contributed by atoms with Crippen molar-refractivity contribution in [3.63, 3.8) is 0 Å². The van der Waals surface area contributed by atoms with Gasteiger partial charge in [-0.1, -0.05) is 46.1 Å². The lowest BCUT2D eigenvalue weighted by Gasteiger charge is -2.21. The first-order chi connectivity index (χ1) is 7.74. The summed E-state index contributed by atoms with van der Waals surface area (Å²) in [6, 6.07) is 0.740. The largest absolute Gasteiger partial charge is 0.314 e. The van der Waals surface area contributed by atoms with E-state index < -0.39 is 0 Å². The summed E-state index contributed by atoms with van der Waals surface area (Å²) < 4.78 is 0. The second-order valence-electron chi connectivity index (χ2n) is 4.93. The van der Waals surface area contributed by atoms with Crippen LogP contribution in [0.15, 0.2) is 12.7 Å². The van der Waals surface area contributed by atoms with E-state index in [1.807, 2.05) is 6.08 Å². The number of hydrogen-bond acceptors (Lipinski definition) is 1. The zero-order chi connectivity index (χ0) is 12.2. The first kappa shape index (κ1) is 15.7. The highest BCUT2D eigenvalue weighted by molar-refractivity contribution is 4.70. The Labute approximate surface area is 103 Å². The quantitative estimate of drug-likeness (QED) is 0.402. The maximum Gasteiger partial charge on any atom is 0.00694 e.